The van der Waals surface area contributed by atoms with Crippen molar-refractivity contribution in [1.29, 1.82) is 0 Å². The van der Waals surface area contributed by atoms with Crippen LogP contribution in [0.2, 0.25) is 0 Å². The number of anilines is 1. The average Bonchev–Trinajstić information content (AvgIpc) is 2.44. The molecule has 7 heteroatoms. The molecule has 1 aromatic rings. The number of benzene rings is 1. The molecule has 0 radical (unpaired) electrons. The van der Waals surface area contributed by atoms with Crippen LogP contribution in [0.3, 0.4) is 0 Å². The Morgan fingerprint density at radius 2 is 2.05 bits per heavy atom. The lowest BCUT2D eigenvalue weighted by molar-refractivity contribution is -0.116. The van der Waals surface area contributed by atoms with Gasteiger partial charge in [0, 0.05) is 19.3 Å². The summed E-state index contributed by atoms with van der Waals surface area (Å²) in [4.78, 5) is 12.2. The Bertz CT molecular complexity index is 614. The van der Waals surface area contributed by atoms with Gasteiger partial charge in [0.25, 0.3) is 0 Å². The monoisotopic (exact) mass is 328 g/mol. The molecule has 1 amide bonds. The summed E-state index contributed by atoms with van der Waals surface area (Å²) in [6, 6.07) is 5.79. The summed E-state index contributed by atoms with van der Waals surface area (Å²) in [7, 11) is -1.97. The maximum atomic E-state index is 12.2. The van der Waals surface area contributed by atoms with Crippen LogP contribution in [0.1, 0.15) is 18.1 Å². The van der Waals surface area contributed by atoms with E-state index >= 15 is 0 Å². The van der Waals surface area contributed by atoms with Crippen molar-refractivity contribution in [2.24, 2.45) is 0 Å². The number of hydrogen-bond donors (Lipinski definition) is 1. The van der Waals surface area contributed by atoms with Crippen LogP contribution in [0, 0.1) is 6.92 Å². The molecule has 22 heavy (non-hydrogen) atoms. The van der Waals surface area contributed by atoms with Crippen molar-refractivity contribution in [2.75, 3.05) is 38.4 Å². The third kappa shape index (κ3) is 5.40. The highest BCUT2D eigenvalue weighted by atomic mass is 32.2. The number of hydrogen-bond acceptors (Lipinski definition) is 4. The van der Waals surface area contributed by atoms with E-state index in [0.29, 0.717) is 0 Å². The summed E-state index contributed by atoms with van der Waals surface area (Å²) >= 11 is 0. The van der Waals surface area contributed by atoms with Gasteiger partial charge in [0.05, 0.1) is 19.4 Å². The second-order valence-corrected chi connectivity index (χ2v) is 7.08. The molecule has 0 bridgehead atoms. The minimum absolute atomic E-state index is 0.150. The second kappa shape index (κ2) is 8.26. The first-order valence-electron chi connectivity index (χ1n) is 7.12. The van der Waals surface area contributed by atoms with Gasteiger partial charge in [0.2, 0.25) is 15.9 Å². The normalized spacial score (nSPS) is 11.7. The molecule has 6 nitrogen and oxygen atoms in total. The largest absolute Gasteiger partial charge is 0.383 e. The van der Waals surface area contributed by atoms with Crippen LogP contribution in [0.15, 0.2) is 18.2 Å². The smallest absolute Gasteiger partial charge is 0.239 e. The zero-order chi connectivity index (χ0) is 16.8. The third-order valence-electron chi connectivity index (χ3n) is 3.34. The number of para-hydroxylation sites is 1. The Labute approximate surface area is 132 Å². The lowest BCUT2D eigenvalue weighted by Crippen LogP contribution is -2.39. The molecule has 0 spiro atoms. The van der Waals surface area contributed by atoms with E-state index in [0.717, 1.165) is 33.8 Å². The molecule has 124 valence electrons. The Morgan fingerprint density at radius 1 is 1.36 bits per heavy atom. The zero-order valence-corrected chi connectivity index (χ0v) is 14.4. The van der Waals surface area contributed by atoms with Crippen LogP contribution < -0.4 is 5.32 Å². The number of rotatable bonds is 8. The molecule has 1 rings (SSSR count). The maximum absolute atomic E-state index is 12.2. The summed E-state index contributed by atoms with van der Waals surface area (Å²) < 4.78 is 29.4. The number of aryl methyl sites for hydroxylation is 2. The predicted molar refractivity (Wildman–Crippen MR) is 87.5 cm³/mol. The lowest BCUT2D eigenvalue weighted by atomic mass is 10.1. The predicted octanol–water partition coefficient (Wildman–Crippen LogP) is 1.40. The van der Waals surface area contributed by atoms with Crippen LogP contribution in [-0.4, -0.2) is 51.7 Å². The summed E-state index contributed by atoms with van der Waals surface area (Å²) in [6.07, 6.45) is 1.87. The number of nitrogens with one attached hydrogen (secondary N) is 1. The van der Waals surface area contributed by atoms with Crippen molar-refractivity contribution >= 4 is 21.6 Å². The van der Waals surface area contributed by atoms with Crippen molar-refractivity contribution in [3.05, 3.63) is 29.3 Å². The first-order valence-corrected chi connectivity index (χ1v) is 8.96. The highest BCUT2D eigenvalue weighted by Gasteiger charge is 2.20. The Kier molecular flexibility index (Phi) is 6.99. The van der Waals surface area contributed by atoms with Crippen molar-refractivity contribution in [3.8, 4) is 0 Å². The standard InChI is InChI=1S/C15H24N2O4S/c1-5-13-8-6-7-12(2)15(13)16-14(18)11-17(9-10-21-3)22(4,19)20/h6-8H,5,9-11H2,1-4H3,(H,16,18). The molecule has 1 aromatic carbocycles. The SMILES string of the molecule is CCc1cccc(C)c1NC(=O)CN(CCOC)S(C)(=O)=O. The molecule has 0 heterocycles. The summed E-state index contributed by atoms with van der Waals surface area (Å²) in [5.41, 5.74) is 2.74. The topological polar surface area (TPSA) is 75.7 Å². The Balaban J connectivity index is 2.84. The summed E-state index contributed by atoms with van der Waals surface area (Å²) in [6.45, 7) is 4.08. The number of methoxy groups -OCH3 is 1. The molecule has 1 N–H and O–H groups in total. The van der Waals surface area contributed by atoms with Gasteiger partial charge < -0.3 is 10.1 Å². The van der Waals surface area contributed by atoms with Gasteiger partial charge in [-0.15, -0.1) is 0 Å². The van der Waals surface area contributed by atoms with Gasteiger partial charge in [0.15, 0.2) is 0 Å². The lowest BCUT2D eigenvalue weighted by Gasteiger charge is -2.20. The Hall–Kier alpha value is -1.44. The van der Waals surface area contributed by atoms with E-state index in [4.69, 9.17) is 4.74 Å². The molecule has 0 aliphatic heterocycles. The maximum Gasteiger partial charge on any atom is 0.239 e. The molecule has 0 aliphatic carbocycles. The van der Waals surface area contributed by atoms with E-state index in [2.05, 4.69) is 5.32 Å². The van der Waals surface area contributed by atoms with Crippen molar-refractivity contribution in [2.45, 2.75) is 20.3 Å². The van der Waals surface area contributed by atoms with E-state index in [1.54, 1.807) is 0 Å². The van der Waals surface area contributed by atoms with E-state index in [-0.39, 0.29) is 25.6 Å². The van der Waals surface area contributed by atoms with Gasteiger partial charge in [-0.05, 0) is 24.5 Å². The van der Waals surface area contributed by atoms with Crippen LogP contribution >= 0.6 is 0 Å². The van der Waals surface area contributed by atoms with Crippen molar-refractivity contribution < 1.29 is 17.9 Å². The molecule has 0 atom stereocenters. The Morgan fingerprint density at radius 3 is 2.59 bits per heavy atom. The van der Waals surface area contributed by atoms with E-state index < -0.39 is 10.0 Å². The highest BCUT2D eigenvalue weighted by molar-refractivity contribution is 7.88. The summed E-state index contributed by atoms with van der Waals surface area (Å²) in [5, 5.41) is 2.82. The van der Waals surface area contributed by atoms with E-state index in [1.807, 2.05) is 32.0 Å². The van der Waals surface area contributed by atoms with Crippen molar-refractivity contribution in [3.63, 3.8) is 0 Å². The number of carbonyl (C=O) groups excluding carboxylic acids is 1. The third-order valence-corrected chi connectivity index (χ3v) is 4.59. The van der Waals surface area contributed by atoms with Gasteiger partial charge >= 0.3 is 0 Å². The van der Waals surface area contributed by atoms with Gasteiger partial charge in [-0.1, -0.05) is 25.1 Å². The van der Waals surface area contributed by atoms with Gasteiger partial charge in [-0.2, -0.15) is 4.31 Å². The molecule has 0 aromatic heterocycles. The quantitative estimate of drug-likeness (QED) is 0.783. The highest BCUT2D eigenvalue weighted by Crippen LogP contribution is 2.21. The fourth-order valence-electron chi connectivity index (χ4n) is 2.10. The van der Waals surface area contributed by atoms with Crippen LogP contribution in [0.25, 0.3) is 0 Å². The average molecular weight is 328 g/mol. The van der Waals surface area contributed by atoms with Gasteiger partial charge in [-0.3, -0.25) is 4.79 Å². The van der Waals surface area contributed by atoms with Crippen LogP contribution in [0.5, 0.6) is 0 Å². The number of sulfonamides is 1. The minimum Gasteiger partial charge on any atom is -0.383 e. The fourth-order valence-corrected chi connectivity index (χ4v) is 2.85. The van der Waals surface area contributed by atoms with Gasteiger partial charge in [0.1, 0.15) is 0 Å². The van der Waals surface area contributed by atoms with Crippen LogP contribution in [-0.2, 0) is 26.0 Å². The zero-order valence-electron chi connectivity index (χ0n) is 13.5. The summed E-state index contributed by atoms with van der Waals surface area (Å²) in [5.74, 6) is -0.356. The molecule has 0 saturated heterocycles. The molecule has 0 aliphatic rings. The van der Waals surface area contributed by atoms with Crippen molar-refractivity contribution in [1.82, 2.24) is 4.31 Å². The molecule has 0 unspecified atom stereocenters. The number of nitrogens with zero attached hydrogens (tertiary/aromatic N) is 1. The minimum atomic E-state index is -3.46. The van der Waals surface area contributed by atoms with E-state index in [9.17, 15) is 13.2 Å². The van der Waals surface area contributed by atoms with Crippen LogP contribution in [0.4, 0.5) is 5.69 Å². The number of ether oxygens (including phenoxy) is 1. The molecule has 0 saturated carbocycles. The number of amides is 1. The first-order chi connectivity index (χ1) is 10.3. The number of carbonyl (C=O) groups is 1. The molecular weight excluding hydrogens is 304 g/mol. The molecular formula is C15H24N2O4S. The second-order valence-electron chi connectivity index (χ2n) is 5.10. The first kappa shape index (κ1) is 18.6. The van der Waals surface area contributed by atoms with E-state index in [1.165, 1.54) is 7.11 Å². The molecule has 0 fully saturated rings. The fraction of sp³-hybridized carbons (Fsp3) is 0.533. The van der Waals surface area contributed by atoms with Gasteiger partial charge in [-0.25, -0.2) is 8.42 Å².